The quantitative estimate of drug-likeness (QED) is 0.793. The molecule has 0 unspecified atom stereocenters. The van der Waals surface area contributed by atoms with E-state index in [0.29, 0.717) is 43.1 Å². The van der Waals surface area contributed by atoms with E-state index in [-0.39, 0.29) is 24.3 Å². The molecule has 2 aromatic rings. The third-order valence-electron chi connectivity index (χ3n) is 4.62. The van der Waals surface area contributed by atoms with Crippen molar-refractivity contribution in [3.8, 4) is 11.5 Å². The summed E-state index contributed by atoms with van der Waals surface area (Å²) in [5, 5.41) is 2.93. The number of amides is 1. The Hall–Kier alpha value is -2.86. The molecular formula is C21H24N2O4. The number of benzene rings is 2. The van der Waals surface area contributed by atoms with Crippen LogP contribution < -0.4 is 10.1 Å². The first kappa shape index (κ1) is 18.9. The van der Waals surface area contributed by atoms with E-state index in [2.05, 4.69) is 10.2 Å². The molecule has 1 heterocycles. The molecule has 0 saturated carbocycles. The van der Waals surface area contributed by atoms with Crippen LogP contribution in [0.4, 0.5) is 5.69 Å². The number of hydrogen-bond acceptors (Lipinski definition) is 5. The van der Waals surface area contributed by atoms with Crippen LogP contribution in [0.3, 0.4) is 0 Å². The van der Waals surface area contributed by atoms with E-state index < -0.39 is 0 Å². The second-order valence-electron chi connectivity index (χ2n) is 6.53. The van der Waals surface area contributed by atoms with E-state index in [0.717, 1.165) is 0 Å². The molecule has 3 rings (SSSR count). The number of methoxy groups -OCH3 is 1. The molecule has 2 aromatic carbocycles. The van der Waals surface area contributed by atoms with Crippen LogP contribution in [0.1, 0.15) is 12.8 Å². The van der Waals surface area contributed by atoms with Gasteiger partial charge in [0.1, 0.15) is 5.75 Å². The van der Waals surface area contributed by atoms with Crippen LogP contribution in [0, 0.1) is 5.92 Å². The summed E-state index contributed by atoms with van der Waals surface area (Å²) in [4.78, 5) is 26.1. The van der Waals surface area contributed by atoms with Crippen molar-refractivity contribution >= 4 is 17.6 Å². The van der Waals surface area contributed by atoms with Crippen LogP contribution >= 0.6 is 0 Å². The van der Waals surface area contributed by atoms with Crippen molar-refractivity contribution in [2.45, 2.75) is 12.8 Å². The van der Waals surface area contributed by atoms with Crippen molar-refractivity contribution < 1.29 is 19.1 Å². The minimum Gasteiger partial charge on any atom is -0.469 e. The number of carbonyl (C=O) groups is 2. The molecule has 0 spiro atoms. The van der Waals surface area contributed by atoms with E-state index in [1.165, 1.54) is 7.11 Å². The maximum atomic E-state index is 12.5. The molecule has 1 fully saturated rings. The van der Waals surface area contributed by atoms with Gasteiger partial charge in [0.25, 0.3) is 0 Å². The number of esters is 1. The lowest BCUT2D eigenvalue weighted by Gasteiger charge is -2.30. The van der Waals surface area contributed by atoms with Crippen LogP contribution in [0.2, 0.25) is 0 Å². The van der Waals surface area contributed by atoms with E-state index in [9.17, 15) is 9.59 Å². The molecule has 0 atom stereocenters. The van der Waals surface area contributed by atoms with E-state index >= 15 is 0 Å². The van der Waals surface area contributed by atoms with Gasteiger partial charge in [-0.3, -0.25) is 14.5 Å². The molecule has 142 valence electrons. The molecule has 6 heteroatoms. The van der Waals surface area contributed by atoms with E-state index in [4.69, 9.17) is 9.47 Å². The fourth-order valence-corrected chi connectivity index (χ4v) is 3.16. The van der Waals surface area contributed by atoms with Crippen LogP contribution in [0.25, 0.3) is 0 Å². The molecule has 1 aliphatic heterocycles. The summed E-state index contributed by atoms with van der Waals surface area (Å²) in [5.41, 5.74) is 0.635. The standard InChI is InChI=1S/C21H24N2O4/c1-26-21(25)16-11-13-23(14-12-16)15-20(24)22-18-9-5-6-10-19(18)27-17-7-3-2-4-8-17/h2-10,16H,11-15H2,1H3,(H,22,24). The zero-order valence-corrected chi connectivity index (χ0v) is 15.4. The second kappa shape index (κ2) is 9.19. The Morgan fingerprint density at radius 1 is 1.04 bits per heavy atom. The number of nitrogens with one attached hydrogen (secondary N) is 1. The van der Waals surface area contributed by atoms with Gasteiger partial charge in [0.2, 0.25) is 5.91 Å². The highest BCUT2D eigenvalue weighted by molar-refractivity contribution is 5.93. The Labute approximate surface area is 159 Å². The van der Waals surface area contributed by atoms with Crippen molar-refractivity contribution in [3.63, 3.8) is 0 Å². The van der Waals surface area contributed by atoms with Crippen LogP contribution in [0.15, 0.2) is 54.6 Å². The maximum Gasteiger partial charge on any atom is 0.308 e. The number of para-hydroxylation sites is 3. The summed E-state index contributed by atoms with van der Waals surface area (Å²) >= 11 is 0. The Bertz CT molecular complexity index is 771. The van der Waals surface area contributed by atoms with Crippen LogP contribution in [0.5, 0.6) is 11.5 Å². The molecule has 0 aliphatic carbocycles. The van der Waals surface area contributed by atoms with Crippen molar-refractivity contribution in [3.05, 3.63) is 54.6 Å². The normalized spacial score (nSPS) is 15.1. The fourth-order valence-electron chi connectivity index (χ4n) is 3.16. The van der Waals surface area contributed by atoms with Gasteiger partial charge in [-0.1, -0.05) is 30.3 Å². The Morgan fingerprint density at radius 2 is 1.70 bits per heavy atom. The first-order valence-electron chi connectivity index (χ1n) is 9.07. The number of likely N-dealkylation sites (tertiary alicyclic amines) is 1. The number of rotatable bonds is 6. The van der Waals surface area contributed by atoms with Crippen molar-refractivity contribution in [1.82, 2.24) is 4.90 Å². The molecule has 0 bridgehead atoms. The van der Waals surface area contributed by atoms with Crippen molar-refractivity contribution in [1.29, 1.82) is 0 Å². The molecule has 27 heavy (non-hydrogen) atoms. The van der Waals surface area contributed by atoms with Gasteiger partial charge >= 0.3 is 5.97 Å². The zero-order valence-electron chi connectivity index (χ0n) is 15.4. The number of carbonyl (C=O) groups excluding carboxylic acids is 2. The average molecular weight is 368 g/mol. The monoisotopic (exact) mass is 368 g/mol. The lowest BCUT2D eigenvalue weighted by atomic mass is 9.97. The Kier molecular flexibility index (Phi) is 6.44. The van der Waals surface area contributed by atoms with E-state index in [1.54, 1.807) is 0 Å². The van der Waals surface area contributed by atoms with Crippen LogP contribution in [-0.4, -0.2) is 43.5 Å². The highest BCUT2D eigenvalue weighted by Gasteiger charge is 2.26. The zero-order chi connectivity index (χ0) is 19.1. The molecule has 1 N–H and O–H groups in total. The van der Waals surface area contributed by atoms with Gasteiger partial charge in [0.15, 0.2) is 5.75 Å². The van der Waals surface area contributed by atoms with Gasteiger partial charge in [-0.05, 0) is 50.2 Å². The average Bonchev–Trinajstić information content (AvgIpc) is 2.70. The number of ether oxygens (including phenoxy) is 2. The first-order valence-corrected chi connectivity index (χ1v) is 9.07. The van der Waals surface area contributed by atoms with Crippen LogP contribution in [-0.2, 0) is 14.3 Å². The SMILES string of the molecule is COC(=O)C1CCN(CC(=O)Nc2ccccc2Oc2ccccc2)CC1. The van der Waals surface area contributed by atoms with Crippen molar-refractivity contribution in [2.75, 3.05) is 32.1 Å². The smallest absolute Gasteiger partial charge is 0.308 e. The molecule has 6 nitrogen and oxygen atoms in total. The molecule has 1 amide bonds. The van der Waals surface area contributed by atoms with Gasteiger partial charge in [-0.2, -0.15) is 0 Å². The minimum atomic E-state index is -0.161. The molecule has 0 radical (unpaired) electrons. The van der Waals surface area contributed by atoms with Gasteiger partial charge in [-0.25, -0.2) is 0 Å². The largest absolute Gasteiger partial charge is 0.469 e. The van der Waals surface area contributed by atoms with Gasteiger partial charge < -0.3 is 14.8 Å². The number of anilines is 1. The summed E-state index contributed by atoms with van der Waals surface area (Å²) in [6.07, 6.45) is 1.43. The van der Waals surface area contributed by atoms with Crippen molar-refractivity contribution in [2.24, 2.45) is 5.92 Å². The number of piperidine rings is 1. The lowest BCUT2D eigenvalue weighted by molar-refractivity contribution is -0.147. The van der Waals surface area contributed by atoms with Gasteiger partial charge in [0.05, 0.1) is 25.3 Å². The number of nitrogens with zero attached hydrogens (tertiary/aromatic N) is 1. The predicted octanol–water partition coefficient (Wildman–Crippen LogP) is 3.30. The third-order valence-corrected chi connectivity index (χ3v) is 4.62. The maximum absolute atomic E-state index is 12.5. The van der Waals surface area contributed by atoms with Gasteiger partial charge in [-0.15, -0.1) is 0 Å². The first-order chi connectivity index (χ1) is 13.2. The minimum absolute atomic E-state index is 0.0608. The predicted molar refractivity (Wildman–Crippen MR) is 103 cm³/mol. The summed E-state index contributed by atoms with van der Waals surface area (Å²) in [6.45, 7) is 1.69. The fraction of sp³-hybridized carbons (Fsp3) is 0.333. The molecular weight excluding hydrogens is 344 g/mol. The summed E-state index contributed by atoms with van der Waals surface area (Å²) in [7, 11) is 1.41. The highest BCUT2D eigenvalue weighted by atomic mass is 16.5. The van der Waals surface area contributed by atoms with E-state index in [1.807, 2.05) is 54.6 Å². The lowest BCUT2D eigenvalue weighted by Crippen LogP contribution is -2.41. The third kappa shape index (κ3) is 5.31. The second-order valence-corrected chi connectivity index (χ2v) is 6.53. The molecule has 1 aliphatic rings. The molecule has 1 saturated heterocycles. The summed E-state index contributed by atoms with van der Waals surface area (Å²) < 4.78 is 10.7. The Balaban J connectivity index is 1.55. The topological polar surface area (TPSA) is 67.9 Å². The Morgan fingerprint density at radius 3 is 2.41 bits per heavy atom. The highest BCUT2D eigenvalue weighted by Crippen LogP contribution is 2.29. The molecule has 0 aromatic heterocycles. The summed E-state index contributed by atoms with van der Waals surface area (Å²) in [6, 6.07) is 16.8. The van der Waals surface area contributed by atoms with Gasteiger partial charge in [0, 0.05) is 0 Å². The summed E-state index contributed by atoms with van der Waals surface area (Å²) in [5.74, 6) is 0.988. The number of hydrogen-bond donors (Lipinski definition) is 1.